The number of fused-ring (bicyclic) bond motifs is 1. The van der Waals surface area contributed by atoms with E-state index in [1.54, 1.807) is 49.6 Å². The highest BCUT2D eigenvalue weighted by atomic mass is 16.5. The Hall–Kier alpha value is -4.33. The third-order valence-electron chi connectivity index (χ3n) is 5.02. The van der Waals surface area contributed by atoms with Crippen molar-refractivity contribution >= 4 is 28.3 Å². The molecule has 4 aromatic rings. The standard InChI is InChI=1S/C25H22N4O4/c1-2-33-25(32)18-6-5-7-19(15-18)27-23(30)16-29-24(31)21-9-4-3-8-20(21)22(28-29)14-17-10-12-26-13-11-17/h3-13,15H,2,14,16H2,1H3,(H,27,30). The van der Waals surface area contributed by atoms with Crippen LogP contribution in [0.4, 0.5) is 5.69 Å². The first-order valence-electron chi connectivity index (χ1n) is 10.5. The van der Waals surface area contributed by atoms with Crippen LogP contribution in [-0.2, 0) is 22.5 Å². The first kappa shape index (κ1) is 21.9. The maximum atomic E-state index is 13.0. The van der Waals surface area contributed by atoms with Crippen molar-refractivity contribution < 1.29 is 14.3 Å². The van der Waals surface area contributed by atoms with Crippen LogP contribution in [0, 0.1) is 0 Å². The third kappa shape index (κ3) is 5.12. The minimum atomic E-state index is -0.471. The number of ether oxygens (including phenoxy) is 1. The number of anilines is 1. The smallest absolute Gasteiger partial charge is 0.338 e. The fraction of sp³-hybridized carbons (Fsp3) is 0.160. The molecule has 0 saturated carbocycles. The Morgan fingerprint density at radius 1 is 1.00 bits per heavy atom. The molecule has 1 amide bonds. The van der Waals surface area contributed by atoms with Gasteiger partial charge >= 0.3 is 5.97 Å². The SMILES string of the molecule is CCOC(=O)c1cccc(NC(=O)Cn2nc(Cc3ccncc3)c3ccccc3c2=O)c1. The number of hydrogen-bond donors (Lipinski definition) is 1. The van der Waals surface area contributed by atoms with Crippen molar-refractivity contribution in [2.75, 3.05) is 11.9 Å². The van der Waals surface area contributed by atoms with Crippen molar-refractivity contribution in [2.24, 2.45) is 0 Å². The number of hydrogen-bond acceptors (Lipinski definition) is 6. The molecule has 33 heavy (non-hydrogen) atoms. The van der Waals surface area contributed by atoms with Crippen molar-refractivity contribution in [1.82, 2.24) is 14.8 Å². The lowest BCUT2D eigenvalue weighted by molar-refractivity contribution is -0.117. The van der Waals surface area contributed by atoms with E-state index in [0.29, 0.717) is 28.8 Å². The van der Waals surface area contributed by atoms with Crippen LogP contribution in [0.1, 0.15) is 28.5 Å². The number of pyridine rings is 1. The highest BCUT2D eigenvalue weighted by Crippen LogP contribution is 2.17. The first-order valence-corrected chi connectivity index (χ1v) is 10.5. The number of carbonyl (C=O) groups is 2. The molecule has 1 N–H and O–H groups in total. The van der Waals surface area contributed by atoms with Gasteiger partial charge in [-0.3, -0.25) is 14.6 Å². The third-order valence-corrected chi connectivity index (χ3v) is 5.02. The lowest BCUT2D eigenvalue weighted by Crippen LogP contribution is -2.30. The first-order chi connectivity index (χ1) is 16.0. The van der Waals surface area contributed by atoms with Crippen LogP contribution in [0.25, 0.3) is 10.8 Å². The van der Waals surface area contributed by atoms with Crippen LogP contribution in [0.15, 0.2) is 77.9 Å². The van der Waals surface area contributed by atoms with E-state index < -0.39 is 11.9 Å². The Morgan fingerprint density at radius 3 is 2.52 bits per heavy atom. The van der Waals surface area contributed by atoms with E-state index in [9.17, 15) is 14.4 Å². The molecule has 0 spiro atoms. The normalized spacial score (nSPS) is 10.7. The van der Waals surface area contributed by atoms with Gasteiger partial charge < -0.3 is 10.1 Å². The average Bonchev–Trinajstić information content (AvgIpc) is 2.83. The van der Waals surface area contributed by atoms with Crippen LogP contribution in [0.3, 0.4) is 0 Å². The van der Waals surface area contributed by atoms with Crippen LogP contribution < -0.4 is 10.9 Å². The summed E-state index contributed by atoms with van der Waals surface area (Å²) < 4.78 is 6.16. The van der Waals surface area contributed by atoms with Crippen LogP contribution in [0.2, 0.25) is 0 Å². The minimum absolute atomic E-state index is 0.258. The van der Waals surface area contributed by atoms with Gasteiger partial charge in [-0.25, -0.2) is 9.48 Å². The van der Waals surface area contributed by atoms with E-state index in [1.165, 1.54) is 10.7 Å². The second-order valence-corrected chi connectivity index (χ2v) is 7.34. The molecule has 0 aliphatic carbocycles. The molecule has 8 heteroatoms. The summed E-state index contributed by atoms with van der Waals surface area (Å²) in [5.41, 5.74) is 2.09. The molecule has 0 aliphatic rings. The maximum absolute atomic E-state index is 13.0. The van der Waals surface area contributed by atoms with Gasteiger partial charge in [0.25, 0.3) is 5.56 Å². The Kier molecular flexibility index (Phi) is 6.54. The fourth-order valence-electron chi connectivity index (χ4n) is 3.51. The molecule has 0 aliphatic heterocycles. The summed E-state index contributed by atoms with van der Waals surface area (Å²) in [6, 6.07) is 17.4. The van der Waals surface area contributed by atoms with Gasteiger partial charge in [-0.15, -0.1) is 0 Å². The Morgan fingerprint density at radius 2 is 1.76 bits per heavy atom. The average molecular weight is 442 g/mol. The maximum Gasteiger partial charge on any atom is 0.338 e. The summed E-state index contributed by atoms with van der Waals surface area (Å²) in [7, 11) is 0. The highest BCUT2D eigenvalue weighted by molar-refractivity contribution is 5.94. The van der Waals surface area contributed by atoms with E-state index in [0.717, 1.165) is 10.9 Å². The molecule has 0 saturated heterocycles. The topological polar surface area (TPSA) is 103 Å². The number of nitrogens with one attached hydrogen (secondary N) is 1. The molecule has 4 rings (SSSR count). The number of benzene rings is 2. The van der Waals surface area contributed by atoms with Gasteiger partial charge in [-0.1, -0.05) is 24.3 Å². The quantitative estimate of drug-likeness (QED) is 0.441. The number of carbonyl (C=O) groups excluding carboxylic acids is 2. The second kappa shape index (κ2) is 9.86. The lowest BCUT2D eigenvalue weighted by atomic mass is 10.1. The zero-order valence-electron chi connectivity index (χ0n) is 18.0. The highest BCUT2D eigenvalue weighted by Gasteiger charge is 2.14. The summed E-state index contributed by atoms with van der Waals surface area (Å²) in [5, 5.41) is 8.46. The van der Waals surface area contributed by atoms with E-state index in [1.807, 2.05) is 24.3 Å². The molecule has 2 aromatic heterocycles. The van der Waals surface area contributed by atoms with Gasteiger partial charge in [0.05, 0.1) is 23.3 Å². The van der Waals surface area contributed by atoms with E-state index in [2.05, 4.69) is 15.4 Å². The molecule has 8 nitrogen and oxygen atoms in total. The molecular formula is C25H22N4O4. The fourth-order valence-corrected chi connectivity index (χ4v) is 3.51. The number of nitrogens with zero attached hydrogens (tertiary/aromatic N) is 3. The summed E-state index contributed by atoms with van der Waals surface area (Å²) >= 11 is 0. The molecule has 0 unspecified atom stereocenters. The Labute approximate surface area is 189 Å². The van der Waals surface area contributed by atoms with Crippen molar-refractivity contribution in [3.8, 4) is 0 Å². The van der Waals surface area contributed by atoms with Crippen molar-refractivity contribution in [3.05, 3.63) is 100 Å². The molecule has 0 fully saturated rings. The Balaban J connectivity index is 1.60. The molecule has 0 bridgehead atoms. The van der Waals surface area contributed by atoms with E-state index in [4.69, 9.17) is 4.74 Å². The molecule has 0 atom stereocenters. The molecule has 166 valence electrons. The summed E-state index contributed by atoms with van der Waals surface area (Å²) in [6.45, 7) is 1.71. The predicted molar refractivity (Wildman–Crippen MR) is 124 cm³/mol. The lowest BCUT2D eigenvalue weighted by Gasteiger charge is -2.12. The largest absolute Gasteiger partial charge is 0.462 e. The summed E-state index contributed by atoms with van der Waals surface area (Å²) in [4.78, 5) is 41.7. The summed E-state index contributed by atoms with van der Waals surface area (Å²) in [6.07, 6.45) is 3.89. The number of amides is 1. The van der Waals surface area contributed by atoms with Gasteiger partial charge in [0.15, 0.2) is 0 Å². The number of esters is 1. The van der Waals surface area contributed by atoms with Gasteiger partial charge in [-0.2, -0.15) is 5.10 Å². The van der Waals surface area contributed by atoms with Crippen LogP contribution in [0.5, 0.6) is 0 Å². The number of rotatable bonds is 7. The Bertz CT molecular complexity index is 1370. The van der Waals surface area contributed by atoms with Gasteiger partial charge in [-0.05, 0) is 48.9 Å². The molecule has 2 aromatic carbocycles. The number of aromatic nitrogens is 3. The van der Waals surface area contributed by atoms with Crippen molar-refractivity contribution in [3.63, 3.8) is 0 Å². The van der Waals surface area contributed by atoms with Gasteiger partial charge in [0.1, 0.15) is 6.54 Å². The zero-order chi connectivity index (χ0) is 23.2. The van der Waals surface area contributed by atoms with E-state index in [-0.39, 0.29) is 18.7 Å². The second-order valence-electron chi connectivity index (χ2n) is 7.34. The van der Waals surface area contributed by atoms with E-state index >= 15 is 0 Å². The molecule has 0 radical (unpaired) electrons. The minimum Gasteiger partial charge on any atom is -0.462 e. The van der Waals surface area contributed by atoms with Gasteiger partial charge in [0, 0.05) is 29.9 Å². The summed E-state index contributed by atoms with van der Waals surface area (Å²) in [5.74, 6) is -0.905. The molecule has 2 heterocycles. The molecular weight excluding hydrogens is 420 g/mol. The van der Waals surface area contributed by atoms with Crippen LogP contribution >= 0.6 is 0 Å². The predicted octanol–water partition coefficient (Wildman–Crippen LogP) is 3.20. The van der Waals surface area contributed by atoms with Gasteiger partial charge in [0.2, 0.25) is 5.91 Å². The van der Waals surface area contributed by atoms with Crippen molar-refractivity contribution in [2.45, 2.75) is 19.9 Å². The zero-order valence-corrected chi connectivity index (χ0v) is 18.0. The monoisotopic (exact) mass is 442 g/mol. The van der Waals surface area contributed by atoms with Crippen molar-refractivity contribution in [1.29, 1.82) is 0 Å². The van der Waals surface area contributed by atoms with Crippen LogP contribution in [-0.4, -0.2) is 33.2 Å².